The molecular weight excluding hydrogens is 310 g/mol. The van der Waals surface area contributed by atoms with E-state index in [4.69, 9.17) is 4.74 Å². The zero-order valence-electron chi connectivity index (χ0n) is 13.6. The molecule has 0 radical (unpaired) electrons. The van der Waals surface area contributed by atoms with Crippen molar-refractivity contribution in [2.75, 3.05) is 25.0 Å². The second-order valence-electron chi connectivity index (χ2n) is 6.21. The van der Waals surface area contributed by atoms with E-state index in [9.17, 15) is 14.4 Å². The molecule has 2 aliphatic rings. The molecule has 0 bridgehead atoms. The fourth-order valence-electron chi connectivity index (χ4n) is 2.90. The van der Waals surface area contributed by atoms with Crippen molar-refractivity contribution in [1.29, 1.82) is 0 Å². The van der Waals surface area contributed by atoms with Crippen LogP contribution in [0.15, 0.2) is 24.3 Å². The third kappa shape index (κ3) is 3.06. The predicted molar refractivity (Wildman–Crippen MR) is 87.5 cm³/mol. The summed E-state index contributed by atoms with van der Waals surface area (Å²) in [4.78, 5) is 38.6. The summed E-state index contributed by atoms with van der Waals surface area (Å²) >= 11 is 0. The second-order valence-corrected chi connectivity index (χ2v) is 6.21. The van der Waals surface area contributed by atoms with Gasteiger partial charge in [0.1, 0.15) is 5.75 Å². The van der Waals surface area contributed by atoms with Crippen LogP contribution in [0.4, 0.5) is 5.69 Å². The summed E-state index contributed by atoms with van der Waals surface area (Å²) in [5, 5.41) is 5.20. The van der Waals surface area contributed by atoms with E-state index in [1.165, 1.54) is 6.92 Å². The Morgan fingerprint density at radius 3 is 2.71 bits per heavy atom. The highest BCUT2D eigenvalue weighted by Gasteiger charge is 2.47. The number of benzene rings is 1. The quantitative estimate of drug-likeness (QED) is 0.806. The largest absolute Gasteiger partial charge is 0.466 e. The van der Waals surface area contributed by atoms with Gasteiger partial charge in [0, 0.05) is 13.1 Å². The number of amides is 3. The van der Waals surface area contributed by atoms with Gasteiger partial charge in [0.05, 0.1) is 12.2 Å². The lowest BCUT2D eigenvalue weighted by Gasteiger charge is -2.33. The van der Waals surface area contributed by atoms with E-state index in [-0.39, 0.29) is 12.5 Å². The van der Waals surface area contributed by atoms with Gasteiger partial charge in [-0.1, -0.05) is 12.1 Å². The highest BCUT2D eigenvalue weighted by Crippen LogP contribution is 2.33. The lowest BCUT2D eigenvalue weighted by molar-refractivity contribution is -0.148. The molecule has 1 aromatic rings. The van der Waals surface area contributed by atoms with Crippen LogP contribution in [0.5, 0.6) is 5.75 Å². The Balaban J connectivity index is 1.63. The van der Waals surface area contributed by atoms with E-state index in [2.05, 4.69) is 10.6 Å². The zero-order valence-corrected chi connectivity index (χ0v) is 13.6. The molecule has 0 aliphatic carbocycles. The standard InChI is InChI=1S/C17H21N3O4/c1-17(16(23)19-12-7-3-4-8-13(12)24-17)15(22)18-11-14(21)20-9-5-2-6-10-20/h3-4,7-8H,2,5-6,9-11H2,1H3,(H,18,22)(H,19,23). The molecule has 1 fully saturated rings. The van der Waals surface area contributed by atoms with Crippen molar-refractivity contribution in [3.05, 3.63) is 24.3 Å². The Morgan fingerprint density at radius 2 is 1.96 bits per heavy atom. The van der Waals surface area contributed by atoms with Crippen LogP contribution in [0.1, 0.15) is 26.2 Å². The van der Waals surface area contributed by atoms with Crippen molar-refractivity contribution >= 4 is 23.4 Å². The third-order valence-corrected chi connectivity index (χ3v) is 4.42. The number of fused-ring (bicyclic) bond motifs is 1. The Morgan fingerprint density at radius 1 is 1.25 bits per heavy atom. The number of nitrogens with one attached hydrogen (secondary N) is 2. The van der Waals surface area contributed by atoms with Gasteiger partial charge in [-0.05, 0) is 38.3 Å². The predicted octanol–water partition coefficient (Wildman–Crippen LogP) is 0.905. The minimum Gasteiger partial charge on any atom is -0.466 e. The van der Waals surface area contributed by atoms with E-state index < -0.39 is 17.4 Å². The number of piperidine rings is 1. The van der Waals surface area contributed by atoms with Gasteiger partial charge < -0.3 is 20.3 Å². The van der Waals surface area contributed by atoms with Gasteiger partial charge in [-0.2, -0.15) is 0 Å². The number of anilines is 1. The number of carbonyl (C=O) groups excluding carboxylic acids is 3. The molecule has 1 atom stereocenters. The number of hydrogen-bond donors (Lipinski definition) is 2. The van der Waals surface area contributed by atoms with E-state index in [1.54, 1.807) is 29.2 Å². The number of rotatable bonds is 3. The molecule has 1 aromatic carbocycles. The molecule has 3 rings (SSSR count). The van der Waals surface area contributed by atoms with Crippen molar-refractivity contribution in [3.63, 3.8) is 0 Å². The summed E-state index contributed by atoms with van der Waals surface area (Å²) < 4.78 is 5.62. The van der Waals surface area contributed by atoms with Crippen molar-refractivity contribution in [2.45, 2.75) is 31.8 Å². The lowest BCUT2D eigenvalue weighted by Crippen LogP contribution is -2.59. The minimum absolute atomic E-state index is 0.132. The van der Waals surface area contributed by atoms with Crippen molar-refractivity contribution in [1.82, 2.24) is 10.2 Å². The van der Waals surface area contributed by atoms with Gasteiger partial charge in [-0.3, -0.25) is 14.4 Å². The number of ether oxygens (including phenoxy) is 1. The fourth-order valence-corrected chi connectivity index (χ4v) is 2.90. The molecule has 128 valence electrons. The normalized spacial score (nSPS) is 22.9. The number of carbonyl (C=O) groups is 3. The van der Waals surface area contributed by atoms with Crippen LogP contribution < -0.4 is 15.4 Å². The molecule has 0 aromatic heterocycles. The molecule has 0 spiro atoms. The van der Waals surface area contributed by atoms with Crippen LogP contribution in [0, 0.1) is 0 Å². The highest BCUT2D eigenvalue weighted by atomic mass is 16.5. The molecule has 24 heavy (non-hydrogen) atoms. The zero-order chi connectivity index (χ0) is 17.2. The molecule has 1 unspecified atom stereocenters. The Hall–Kier alpha value is -2.57. The Labute approximate surface area is 140 Å². The number of likely N-dealkylation sites (tertiary alicyclic amines) is 1. The molecule has 0 saturated carbocycles. The van der Waals surface area contributed by atoms with Crippen LogP contribution in [0.2, 0.25) is 0 Å². The van der Waals surface area contributed by atoms with Crippen LogP contribution >= 0.6 is 0 Å². The molecule has 7 heteroatoms. The van der Waals surface area contributed by atoms with Gasteiger partial charge in [0.15, 0.2) is 0 Å². The highest BCUT2D eigenvalue weighted by molar-refractivity contribution is 6.15. The Kier molecular flexibility index (Phi) is 4.42. The van der Waals surface area contributed by atoms with Crippen LogP contribution in [-0.2, 0) is 14.4 Å². The smallest absolute Gasteiger partial charge is 0.278 e. The van der Waals surface area contributed by atoms with Crippen LogP contribution in [0.25, 0.3) is 0 Å². The van der Waals surface area contributed by atoms with E-state index >= 15 is 0 Å². The van der Waals surface area contributed by atoms with Crippen LogP contribution in [-0.4, -0.2) is 47.9 Å². The summed E-state index contributed by atoms with van der Waals surface area (Å²) in [5.74, 6) is -0.885. The molecule has 3 amide bonds. The first kappa shape index (κ1) is 16.3. The van der Waals surface area contributed by atoms with Crippen molar-refractivity contribution in [2.24, 2.45) is 0 Å². The topological polar surface area (TPSA) is 87.7 Å². The molecular formula is C17H21N3O4. The summed E-state index contributed by atoms with van der Waals surface area (Å²) in [6.45, 7) is 2.71. The van der Waals surface area contributed by atoms with Crippen molar-refractivity contribution < 1.29 is 19.1 Å². The van der Waals surface area contributed by atoms with E-state index in [0.29, 0.717) is 11.4 Å². The lowest BCUT2D eigenvalue weighted by atomic mass is 10.0. The van der Waals surface area contributed by atoms with Gasteiger partial charge in [-0.25, -0.2) is 0 Å². The van der Waals surface area contributed by atoms with Gasteiger partial charge in [0.2, 0.25) is 5.91 Å². The maximum Gasteiger partial charge on any atom is 0.278 e. The van der Waals surface area contributed by atoms with E-state index in [1.807, 2.05) is 0 Å². The summed E-state index contributed by atoms with van der Waals surface area (Å²) in [5.41, 5.74) is -1.17. The van der Waals surface area contributed by atoms with E-state index in [0.717, 1.165) is 32.4 Å². The molecule has 1 saturated heterocycles. The third-order valence-electron chi connectivity index (χ3n) is 4.42. The monoisotopic (exact) mass is 331 g/mol. The molecule has 2 heterocycles. The van der Waals surface area contributed by atoms with Gasteiger partial charge >= 0.3 is 0 Å². The fraction of sp³-hybridized carbons (Fsp3) is 0.471. The first-order valence-electron chi connectivity index (χ1n) is 8.16. The van der Waals surface area contributed by atoms with Gasteiger partial charge in [-0.15, -0.1) is 0 Å². The SMILES string of the molecule is CC1(C(=O)NCC(=O)N2CCCCC2)Oc2ccccc2NC1=O. The molecule has 2 N–H and O–H groups in total. The maximum absolute atomic E-state index is 12.5. The second kappa shape index (κ2) is 6.51. The minimum atomic E-state index is -1.70. The summed E-state index contributed by atoms with van der Waals surface area (Å²) in [6, 6.07) is 6.90. The van der Waals surface area contributed by atoms with Gasteiger partial charge in [0.25, 0.3) is 17.4 Å². The summed E-state index contributed by atoms with van der Waals surface area (Å²) in [7, 11) is 0. The van der Waals surface area contributed by atoms with Crippen LogP contribution in [0.3, 0.4) is 0 Å². The maximum atomic E-state index is 12.5. The number of nitrogens with zero attached hydrogens (tertiary/aromatic N) is 1. The molecule has 7 nitrogen and oxygen atoms in total. The average molecular weight is 331 g/mol. The average Bonchev–Trinajstić information content (AvgIpc) is 2.61. The van der Waals surface area contributed by atoms with Crippen molar-refractivity contribution in [3.8, 4) is 5.75 Å². The Bertz CT molecular complexity index is 670. The number of para-hydroxylation sites is 2. The summed E-state index contributed by atoms with van der Waals surface area (Å²) in [6.07, 6.45) is 3.10. The number of hydrogen-bond acceptors (Lipinski definition) is 4. The molecule has 2 aliphatic heterocycles. The first-order valence-corrected chi connectivity index (χ1v) is 8.16. The first-order chi connectivity index (χ1) is 11.5.